The van der Waals surface area contributed by atoms with Crippen LogP contribution in [-0.4, -0.2) is 5.84 Å². The van der Waals surface area contributed by atoms with E-state index in [1.165, 1.54) is 5.56 Å². The Morgan fingerprint density at radius 2 is 1.45 bits per heavy atom. The number of aryl methyl sites for hydroxylation is 1. The maximum atomic E-state index is 4.76. The maximum Gasteiger partial charge on any atom is 0.138 e. The van der Waals surface area contributed by atoms with Crippen molar-refractivity contribution in [2.24, 2.45) is 4.99 Å². The van der Waals surface area contributed by atoms with Gasteiger partial charge in [0.2, 0.25) is 0 Å². The first-order valence-corrected chi connectivity index (χ1v) is 7.34. The highest BCUT2D eigenvalue weighted by atomic mass is 15.0. The first-order chi connectivity index (χ1) is 10.8. The Labute approximate surface area is 131 Å². The highest BCUT2D eigenvalue weighted by Crippen LogP contribution is 2.16. The molecule has 1 N–H and O–H groups in total. The van der Waals surface area contributed by atoms with Gasteiger partial charge in [0, 0.05) is 11.3 Å². The molecule has 0 atom stereocenters. The highest BCUT2D eigenvalue weighted by Gasteiger charge is 2.04. The van der Waals surface area contributed by atoms with Gasteiger partial charge in [0.15, 0.2) is 0 Å². The molecule has 108 valence electrons. The Hall–Kier alpha value is -2.87. The van der Waals surface area contributed by atoms with E-state index < -0.39 is 0 Å². The van der Waals surface area contributed by atoms with Crippen LogP contribution < -0.4 is 5.32 Å². The van der Waals surface area contributed by atoms with E-state index in [2.05, 4.69) is 42.6 Å². The summed E-state index contributed by atoms with van der Waals surface area (Å²) in [4.78, 5) is 4.76. The number of anilines is 1. The number of hydrogen-bond acceptors (Lipinski definition) is 1. The monoisotopic (exact) mass is 286 g/mol. The molecule has 3 aromatic rings. The van der Waals surface area contributed by atoms with Crippen LogP contribution in [0.2, 0.25) is 0 Å². The molecule has 0 fully saturated rings. The molecule has 0 aliphatic heterocycles. The maximum absolute atomic E-state index is 4.76. The van der Waals surface area contributed by atoms with Crippen molar-refractivity contribution < 1.29 is 0 Å². The normalized spacial score (nSPS) is 11.2. The van der Waals surface area contributed by atoms with Crippen molar-refractivity contribution in [2.75, 3.05) is 5.32 Å². The molecule has 0 bridgehead atoms. The zero-order chi connectivity index (χ0) is 15.2. The van der Waals surface area contributed by atoms with Gasteiger partial charge in [-0.05, 0) is 36.8 Å². The van der Waals surface area contributed by atoms with Crippen LogP contribution in [0.4, 0.5) is 11.4 Å². The highest BCUT2D eigenvalue weighted by molar-refractivity contribution is 6.09. The predicted molar refractivity (Wildman–Crippen MR) is 93.9 cm³/mol. The second-order valence-corrected chi connectivity index (χ2v) is 5.16. The summed E-state index contributed by atoms with van der Waals surface area (Å²) in [6, 6.07) is 28.5. The molecule has 0 aliphatic rings. The molecular formula is C20H18N2. The van der Waals surface area contributed by atoms with Gasteiger partial charge in [-0.25, -0.2) is 4.99 Å². The lowest BCUT2D eigenvalue weighted by atomic mass is 10.1. The minimum atomic E-state index is 0.845. The van der Waals surface area contributed by atoms with E-state index in [1.807, 2.05) is 54.6 Å². The van der Waals surface area contributed by atoms with Crippen LogP contribution in [-0.2, 0) is 0 Å². The van der Waals surface area contributed by atoms with Crippen LogP contribution in [0.25, 0.3) is 0 Å². The fraction of sp³-hybridized carbons (Fsp3) is 0.0500. The summed E-state index contributed by atoms with van der Waals surface area (Å²) >= 11 is 0. The fourth-order valence-corrected chi connectivity index (χ4v) is 2.25. The number of benzene rings is 3. The average molecular weight is 286 g/mol. The molecule has 0 heterocycles. The fourth-order valence-electron chi connectivity index (χ4n) is 2.25. The SMILES string of the molecule is Cc1cccc(NC(=Nc2ccccc2)c2ccccc2)c1. The molecule has 3 aromatic carbocycles. The van der Waals surface area contributed by atoms with Crippen LogP contribution in [0, 0.1) is 6.92 Å². The number of nitrogens with one attached hydrogen (secondary N) is 1. The molecule has 0 aromatic heterocycles. The molecule has 3 rings (SSSR count). The van der Waals surface area contributed by atoms with Crippen molar-refractivity contribution in [1.29, 1.82) is 0 Å². The Morgan fingerprint density at radius 3 is 2.14 bits per heavy atom. The Bertz CT molecular complexity index is 762. The molecular weight excluding hydrogens is 268 g/mol. The van der Waals surface area contributed by atoms with Gasteiger partial charge in [0.25, 0.3) is 0 Å². The average Bonchev–Trinajstić information content (AvgIpc) is 2.56. The third-order valence-electron chi connectivity index (χ3n) is 3.33. The smallest absolute Gasteiger partial charge is 0.138 e. The number of aliphatic imine (C=N–C) groups is 1. The topological polar surface area (TPSA) is 24.4 Å². The van der Waals surface area contributed by atoms with E-state index in [1.54, 1.807) is 0 Å². The molecule has 0 amide bonds. The number of hydrogen-bond donors (Lipinski definition) is 1. The molecule has 2 nitrogen and oxygen atoms in total. The summed E-state index contributed by atoms with van der Waals surface area (Å²) in [5, 5.41) is 3.43. The standard InChI is InChI=1S/C20H18N2/c1-16-9-8-14-19(15-16)22-20(17-10-4-2-5-11-17)21-18-12-6-3-7-13-18/h2-15H,1H3,(H,21,22). The van der Waals surface area contributed by atoms with Crippen molar-refractivity contribution in [3.8, 4) is 0 Å². The van der Waals surface area contributed by atoms with Crippen molar-refractivity contribution >= 4 is 17.2 Å². The second kappa shape index (κ2) is 6.72. The van der Waals surface area contributed by atoms with Crippen LogP contribution in [0.5, 0.6) is 0 Å². The molecule has 0 saturated heterocycles. The lowest BCUT2D eigenvalue weighted by Gasteiger charge is -2.11. The van der Waals surface area contributed by atoms with Gasteiger partial charge in [-0.2, -0.15) is 0 Å². The van der Waals surface area contributed by atoms with Gasteiger partial charge in [-0.3, -0.25) is 0 Å². The van der Waals surface area contributed by atoms with Gasteiger partial charge in [0.05, 0.1) is 5.69 Å². The van der Waals surface area contributed by atoms with Crippen molar-refractivity contribution in [2.45, 2.75) is 6.92 Å². The van der Waals surface area contributed by atoms with Gasteiger partial charge in [-0.15, -0.1) is 0 Å². The summed E-state index contributed by atoms with van der Waals surface area (Å²) in [5.74, 6) is 0.845. The Kier molecular flexibility index (Phi) is 4.30. The van der Waals surface area contributed by atoms with Gasteiger partial charge in [-0.1, -0.05) is 60.7 Å². The number of para-hydroxylation sites is 1. The number of amidine groups is 1. The molecule has 0 spiro atoms. The van der Waals surface area contributed by atoms with Crippen LogP contribution in [0.15, 0.2) is 89.9 Å². The first-order valence-electron chi connectivity index (χ1n) is 7.34. The van der Waals surface area contributed by atoms with Crippen LogP contribution >= 0.6 is 0 Å². The van der Waals surface area contributed by atoms with Crippen LogP contribution in [0.1, 0.15) is 11.1 Å². The van der Waals surface area contributed by atoms with Gasteiger partial charge in [0.1, 0.15) is 5.84 Å². The lowest BCUT2D eigenvalue weighted by Crippen LogP contribution is -2.13. The zero-order valence-electron chi connectivity index (χ0n) is 12.5. The third-order valence-corrected chi connectivity index (χ3v) is 3.33. The summed E-state index contributed by atoms with van der Waals surface area (Å²) in [7, 11) is 0. The van der Waals surface area contributed by atoms with E-state index in [0.717, 1.165) is 22.8 Å². The minimum Gasteiger partial charge on any atom is -0.340 e. The molecule has 0 aliphatic carbocycles. The largest absolute Gasteiger partial charge is 0.340 e. The Morgan fingerprint density at radius 1 is 0.773 bits per heavy atom. The quantitative estimate of drug-likeness (QED) is 0.520. The first kappa shape index (κ1) is 14.1. The van der Waals surface area contributed by atoms with E-state index in [4.69, 9.17) is 4.99 Å². The molecule has 0 saturated carbocycles. The molecule has 0 unspecified atom stereocenters. The number of nitrogens with zero attached hydrogens (tertiary/aromatic N) is 1. The van der Waals surface area contributed by atoms with Crippen molar-refractivity contribution in [1.82, 2.24) is 0 Å². The van der Waals surface area contributed by atoms with Gasteiger partial charge < -0.3 is 5.32 Å². The molecule has 2 heteroatoms. The summed E-state index contributed by atoms with van der Waals surface area (Å²) in [5.41, 5.74) is 4.25. The van der Waals surface area contributed by atoms with E-state index in [-0.39, 0.29) is 0 Å². The minimum absolute atomic E-state index is 0.845. The van der Waals surface area contributed by atoms with Crippen molar-refractivity contribution in [3.63, 3.8) is 0 Å². The van der Waals surface area contributed by atoms with Crippen LogP contribution in [0.3, 0.4) is 0 Å². The van der Waals surface area contributed by atoms with E-state index in [9.17, 15) is 0 Å². The van der Waals surface area contributed by atoms with E-state index >= 15 is 0 Å². The molecule has 22 heavy (non-hydrogen) atoms. The van der Waals surface area contributed by atoms with Crippen molar-refractivity contribution in [3.05, 3.63) is 96.1 Å². The number of rotatable bonds is 3. The van der Waals surface area contributed by atoms with Gasteiger partial charge >= 0.3 is 0 Å². The zero-order valence-corrected chi connectivity index (χ0v) is 12.5. The summed E-state index contributed by atoms with van der Waals surface area (Å²) in [6.45, 7) is 2.09. The Balaban J connectivity index is 1.98. The lowest BCUT2D eigenvalue weighted by molar-refractivity contribution is 1.44. The van der Waals surface area contributed by atoms with E-state index in [0.29, 0.717) is 0 Å². The second-order valence-electron chi connectivity index (χ2n) is 5.16. The molecule has 0 radical (unpaired) electrons. The summed E-state index contributed by atoms with van der Waals surface area (Å²) in [6.07, 6.45) is 0. The third kappa shape index (κ3) is 3.61. The summed E-state index contributed by atoms with van der Waals surface area (Å²) < 4.78 is 0. The predicted octanol–water partition coefficient (Wildman–Crippen LogP) is 5.19.